The lowest BCUT2D eigenvalue weighted by molar-refractivity contribution is -0.0854. The molecule has 8 rings (SSSR count). The van der Waals surface area contributed by atoms with E-state index in [9.17, 15) is 0 Å². The molecule has 0 nitrogen and oxygen atoms in total. The molecule has 71 heavy (non-hydrogen) atoms. The van der Waals surface area contributed by atoms with Crippen molar-refractivity contribution in [3.63, 3.8) is 0 Å². The van der Waals surface area contributed by atoms with E-state index >= 15 is 0 Å². The van der Waals surface area contributed by atoms with Crippen LogP contribution < -0.4 is 0 Å². The van der Waals surface area contributed by atoms with E-state index in [1.807, 2.05) is 0 Å². The zero-order valence-corrected chi connectivity index (χ0v) is 53.2. The fourth-order valence-electron chi connectivity index (χ4n) is 16.6. The van der Waals surface area contributed by atoms with Gasteiger partial charge in [-0.15, -0.1) is 0 Å². The standard InChI is InChI=1S/C17H26.C14H24.C12H24.C11H22.C10H20.C7H16/c1-5-17(4)11-13(2)14(3)16(12-17)15-9-7-6-8-10-15;1-5-14(4)7-10-6-11(14)13-9(3)8(2)12(10)13;1-5-12(6-2)8-7-10(3)11(4)9-12;1-5-11(4)7-6-9(2)10(3)8-11;1-5-10(4)7-8(2)6-9(10)3;1-5-7(3,4)6-2/h6-10,13-14,16H,5,11-12H2,1-4H3;8-13H,5-7H2,1-4H3;10-11H,5-9H2,1-4H3;9-10H,5-8H2,1-4H3;8-9H,5-7H2,1-4H3;5-6H2,1-4H3. The minimum absolute atomic E-state index is 0.548. The van der Waals surface area contributed by atoms with Gasteiger partial charge in [-0.25, -0.2) is 0 Å². The first-order valence-corrected chi connectivity index (χ1v) is 32.1. The molecule has 0 spiro atoms. The minimum atomic E-state index is 0.548. The Kier molecular flexibility index (Phi) is 25.0. The van der Waals surface area contributed by atoms with Crippen LogP contribution >= 0.6 is 0 Å². The molecule has 19 atom stereocenters. The Labute approximate surface area is 449 Å². The zero-order valence-electron chi connectivity index (χ0n) is 53.2. The van der Waals surface area contributed by atoms with Crippen LogP contribution in [-0.4, -0.2) is 0 Å². The van der Waals surface area contributed by atoms with Crippen molar-refractivity contribution in [1.82, 2.24) is 0 Å². The number of hydrogen-bond donors (Lipinski definition) is 0. The van der Waals surface area contributed by atoms with Gasteiger partial charge in [-0.1, -0.05) is 248 Å². The van der Waals surface area contributed by atoms with Crippen LogP contribution in [0.2, 0.25) is 0 Å². The third-order valence-electron chi connectivity index (χ3n) is 25.3. The molecule has 0 saturated heterocycles. The molecule has 0 heterocycles. The normalized spacial score (nSPS) is 42.9. The molecular formula is C71H132. The maximum Gasteiger partial charge on any atom is -0.0129 e. The maximum atomic E-state index is 2.56. The summed E-state index contributed by atoms with van der Waals surface area (Å²) in [5.41, 5.74) is 5.45. The summed E-state index contributed by atoms with van der Waals surface area (Å²) in [6.07, 6.45) is 28.4. The summed E-state index contributed by atoms with van der Waals surface area (Å²) in [5.74, 6) is 14.7. The average Bonchev–Trinajstić information content (AvgIpc) is 3.98. The fraction of sp³-hybridized carbons (Fsp3) is 0.915. The Bertz CT molecular complexity index is 1610. The molecule has 7 fully saturated rings. The Morgan fingerprint density at radius 3 is 1.39 bits per heavy atom. The summed E-state index contributed by atoms with van der Waals surface area (Å²) in [5, 5.41) is 0. The Morgan fingerprint density at radius 2 is 0.972 bits per heavy atom. The largest absolute Gasteiger partial charge is 0.0649 e. The Balaban J connectivity index is 0.000000230. The minimum Gasteiger partial charge on any atom is -0.0649 e. The summed E-state index contributed by atoms with van der Waals surface area (Å²) in [4.78, 5) is 0. The van der Waals surface area contributed by atoms with Gasteiger partial charge in [0.15, 0.2) is 0 Å². The average molecular weight is 986 g/mol. The summed E-state index contributed by atoms with van der Waals surface area (Å²) in [7, 11) is 0. The summed E-state index contributed by atoms with van der Waals surface area (Å²) in [6, 6.07) is 11.1. The van der Waals surface area contributed by atoms with Gasteiger partial charge in [-0.2, -0.15) is 0 Å². The van der Waals surface area contributed by atoms with E-state index in [1.165, 1.54) is 116 Å². The van der Waals surface area contributed by atoms with Crippen LogP contribution in [0.5, 0.6) is 0 Å². The van der Waals surface area contributed by atoms with E-state index in [1.54, 1.807) is 18.4 Å². The van der Waals surface area contributed by atoms with Crippen molar-refractivity contribution >= 4 is 0 Å². The van der Waals surface area contributed by atoms with Crippen molar-refractivity contribution in [3.8, 4) is 0 Å². The monoisotopic (exact) mass is 985 g/mol. The number of hydrogen-bond acceptors (Lipinski definition) is 0. The van der Waals surface area contributed by atoms with E-state index in [0.29, 0.717) is 27.1 Å². The van der Waals surface area contributed by atoms with Crippen LogP contribution in [0.25, 0.3) is 0 Å². The molecule has 1 aromatic carbocycles. The van der Waals surface area contributed by atoms with Crippen LogP contribution in [0.4, 0.5) is 0 Å². The summed E-state index contributed by atoms with van der Waals surface area (Å²) in [6.45, 7) is 57.5. The number of fused-ring (bicyclic) bond motifs is 5. The molecule has 2 bridgehead atoms. The molecule has 7 saturated carbocycles. The first-order valence-electron chi connectivity index (χ1n) is 32.1. The van der Waals surface area contributed by atoms with Gasteiger partial charge >= 0.3 is 0 Å². The van der Waals surface area contributed by atoms with Crippen molar-refractivity contribution in [2.45, 2.75) is 301 Å². The fourth-order valence-corrected chi connectivity index (χ4v) is 16.6. The maximum absolute atomic E-state index is 2.56. The molecule has 19 unspecified atom stereocenters. The van der Waals surface area contributed by atoms with Gasteiger partial charge in [0.1, 0.15) is 0 Å². The van der Waals surface area contributed by atoms with Crippen LogP contribution in [0.3, 0.4) is 0 Å². The van der Waals surface area contributed by atoms with E-state index in [2.05, 4.69) is 197 Å². The zero-order chi connectivity index (χ0) is 53.9. The Hall–Kier alpha value is -0.780. The molecule has 0 N–H and O–H groups in total. The van der Waals surface area contributed by atoms with Crippen LogP contribution in [-0.2, 0) is 0 Å². The van der Waals surface area contributed by atoms with E-state index < -0.39 is 0 Å². The predicted octanol–water partition coefficient (Wildman–Crippen LogP) is 23.6. The highest BCUT2D eigenvalue weighted by molar-refractivity contribution is 5.22. The van der Waals surface area contributed by atoms with Gasteiger partial charge in [0.25, 0.3) is 0 Å². The molecule has 0 aliphatic heterocycles. The SMILES string of the molecule is CCC(C)(C)CC.CCC1(C)CC(C)C(C)C(c2ccccc2)C1.CCC1(C)CC(C)CC1C.CCC1(C)CC2CC1C1C(C)C(C)C21.CCC1(C)CCC(C)C(C)C1.CCC1(CC)CCC(C)C(C)C1. The van der Waals surface area contributed by atoms with E-state index in [0.717, 1.165) is 94.2 Å². The van der Waals surface area contributed by atoms with Crippen LogP contribution in [0.15, 0.2) is 30.3 Å². The van der Waals surface area contributed by atoms with Crippen molar-refractivity contribution in [1.29, 1.82) is 0 Å². The highest BCUT2D eigenvalue weighted by Gasteiger charge is 2.65. The molecule has 7 aliphatic rings. The lowest BCUT2D eigenvalue weighted by Crippen LogP contribution is -2.51. The van der Waals surface area contributed by atoms with Crippen LogP contribution in [0, 0.1) is 115 Å². The molecular weight excluding hydrogens is 853 g/mol. The third kappa shape index (κ3) is 16.6. The Morgan fingerprint density at radius 1 is 0.465 bits per heavy atom. The van der Waals surface area contributed by atoms with Crippen molar-refractivity contribution in [2.75, 3.05) is 0 Å². The lowest BCUT2D eigenvalue weighted by Gasteiger charge is -2.56. The predicted molar refractivity (Wildman–Crippen MR) is 321 cm³/mol. The molecule has 7 aliphatic carbocycles. The lowest BCUT2D eigenvalue weighted by atomic mass is 9.48. The molecule has 0 amide bonds. The van der Waals surface area contributed by atoms with E-state index in [-0.39, 0.29) is 0 Å². The number of benzene rings is 1. The quantitative estimate of drug-likeness (QED) is 0.231. The third-order valence-corrected chi connectivity index (χ3v) is 25.3. The topological polar surface area (TPSA) is 0 Å². The van der Waals surface area contributed by atoms with Gasteiger partial charge in [0, 0.05) is 0 Å². The van der Waals surface area contributed by atoms with Gasteiger partial charge in [-0.05, 0) is 204 Å². The highest BCUT2D eigenvalue weighted by Crippen LogP contribution is 2.71. The van der Waals surface area contributed by atoms with Crippen molar-refractivity contribution in [3.05, 3.63) is 35.9 Å². The highest BCUT2D eigenvalue weighted by atomic mass is 14.7. The molecule has 0 heteroatoms. The first kappa shape index (κ1) is 64.5. The molecule has 0 radical (unpaired) electrons. The molecule has 1 aromatic rings. The van der Waals surface area contributed by atoms with Crippen molar-refractivity contribution in [2.24, 2.45) is 115 Å². The second-order valence-corrected chi connectivity index (χ2v) is 30.2. The van der Waals surface area contributed by atoms with E-state index in [4.69, 9.17) is 0 Å². The van der Waals surface area contributed by atoms with Gasteiger partial charge in [0.05, 0.1) is 0 Å². The molecule has 416 valence electrons. The molecule has 0 aromatic heterocycles. The summed E-state index contributed by atoms with van der Waals surface area (Å²) < 4.78 is 0. The second kappa shape index (κ2) is 27.5. The summed E-state index contributed by atoms with van der Waals surface area (Å²) >= 11 is 0. The van der Waals surface area contributed by atoms with Crippen molar-refractivity contribution < 1.29 is 0 Å². The van der Waals surface area contributed by atoms with Gasteiger partial charge < -0.3 is 0 Å². The smallest absolute Gasteiger partial charge is 0.0129 e. The first-order chi connectivity index (χ1) is 33.0. The second-order valence-electron chi connectivity index (χ2n) is 30.2. The number of rotatable bonds is 9. The van der Waals surface area contributed by atoms with Gasteiger partial charge in [0.2, 0.25) is 0 Å². The van der Waals surface area contributed by atoms with Crippen LogP contribution in [0.1, 0.15) is 306 Å². The van der Waals surface area contributed by atoms with Gasteiger partial charge in [-0.3, -0.25) is 0 Å².